The lowest BCUT2D eigenvalue weighted by atomic mass is 10.1. The first-order valence-corrected chi connectivity index (χ1v) is 7.98. The Morgan fingerprint density at radius 1 is 1.12 bits per heavy atom. The number of nitrogens with one attached hydrogen (secondary N) is 1. The molecule has 0 spiro atoms. The summed E-state index contributed by atoms with van der Waals surface area (Å²) in [6, 6.07) is 15.3. The predicted octanol–water partition coefficient (Wildman–Crippen LogP) is 3.96. The van der Waals surface area contributed by atoms with Gasteiger partial charge in [0.05, 0.1) is 23.5 Å². The molecule has 7 heteroatoms. The number of nitrogens with zero attached hydrogens (tertiary/aromatic N) is 2. The number of ether oxygens (including phenoxy) is 1. The van der Waals surface area contributed by atoms with Gasteiger partial charge in [-0.15, -0.1) is 0 Å². The number of amides is 1. The van der Waals surface area contributed by atoms with E-state index in [4.69, 9.17) is 0 Å². The summed E-state index contributed by atoms with van der Waals surface area (Å²) >= 11 is 0. The van der Waals surface area contributed by atoms with Gasteiger partial charge in [-0.25, -0.2) is 4.68 Å². The van der Waals surface area contributed by atoms with Gasteiger partial charge in [0.15, 0.2) is 0 Å². The zero-order valence-corrected chi connectivity index (χ0v) is 14.0. The van der Waals surface area contributed by atoms with Gasteiger partial charge in [0.2, 0.25) is 0 Å². The standard InChI is InChI=1S/C19H17F2N3O2/c1-13(14-7-9-17(10-8-14)26-19(20)21)23-18(25)15-11-22-24(12-15)16-5-3-2-4-6-16/h2-13,19H,1H3,(H,23,25). The molecule has 1 N–H and O–H groups in total. The number of para-hydroxylation sites is 1. The summed E-state index contributed by atoms with van der Waals surface area (Å²) in [5.41, 5.74) is 2.06. The van der Waals surface area contributed by atoms with E-state index < -0.39 is 6.61 Å². The first kappa shape index (κ1) is 17.6. The number of alkyl halides is 2. The second-order valence-electron chi connectivity index (χ2n) is 5.65. The lowest BCUT2D eigenvalue weighted by molar-refractivity contribution is -0.0498. The third-order valence-corrected chi connectivity index (χ3v) is 3.82. The Bertz CT molecular complexity index is 864. The molecule has 26 heavy (non-hydrogen) atoms. The summed E-state index contributed by atoms with van der Waals surface area (Å²) in [5, 5.41) is 7.05. The maximum atomic E-state index is 12.4. The van der Waals surface area contributed by atoms with Crippen LogP contribution in [0.2, 0.25) is 0 Å². The first-order chi connectivity index (χ1) is 12.5. The maximum absolute atomic E-state index is 12.4. The summed E-state index contributed by atoms with van der Waals surface area (Å²) < 4.78 is 30.3. The number of carbonyl (C=O) groups excluding carboxylic acids is 1. The smallest absolute Gasteiger partial charge is 0.387 e. The number of carbonyl (C=O) groups is 1. The van der Waals surface area contributed by atoms with E-state index in [9.17, 15) is 13.6 Å². The Labute approximate surface area is 149 Å². The Hall–Kier alpha value is -3.22. The fraction of sp³-hybridized carbons (Fsp3) is 0.158. The molecule has 1 heterocycles. The lowest BCUT2D eigenvalue weighted by Gasteiger charge is -2.14. The highest BCUT2D eigenvalue weighted by molar-refractivity contribution is 5.94. The van der Waals surface area contributed by atoms with Gasteiger partial charge in [0.1, 0.15) is 5.75 Å². The SMILES string of the molecule is CC(NC(=O)c1cnn(-c2ccccc2)c1)c1ccc(OC(F)F)cc1. The van der Waals surface area contributed by atoms with Crippen LogP contribution in [-0.2, 0) is 0 Å². The second kappa shape index (κ2) is 7.77. The molecular formula is C19H17F2N3O2. The number of benzene rings is 2. The van der Waals surface area contributed by atoms with Crippen molar-refractivity contribution < 1.29 is 18.3 Å². The summed E-state index contributed by atoms with van der Waals surface area (Å²) in [6.45, 7) is -1.05. The van der Waals surface area contributed by atoms with Gasteiger partial charge in [-0.05, 0) is 36.8 Å². The molecule has 0 saturated carbocycles. The van der Waals surface area contributed by atoms with Crippen LogP contribution in [0.5, 0.6) is 5.75 Å². The molecule has 0 aliphatic heterocycles. The third kappa shape index (κ3) is 4.24. The topological polar surface area (TPSA) is 56.2 Å². The summed E-state index contributed by atoms with van der Waals surface area (Å²) in [4.78, 5) is 12.4. The van der Waals surface area contributed by atoms with Crippen LogP contribution >= 0.6 is 0 Å². The van der Waals surface area contributed by atoms with Crippen LogP contribution in [0.15, 0.2) is 67.0 Å². The number of rotatable bonds is 6. The lowest BCUT2D eigenvalue weighted by Crippen LogP contribution is -2.26. The van der Waals surface area contributed by atoms with E-state index in [1.54, 1.807) is 23.0 Å². The minimum atomic E-state index is -2.86. The van der Waals surface area contributed by atoms with Crippen molar-refractivity contribution in [2.45, 2.75) is 19.6 Å². The Balaban J connectivity index is 1.65. The average Bonchev–Trinajstić information content (AvgIpc) is 3.13. The molecular weight excluding hydrogens is 340 g/mol. The monoisotopic (exact) mass is 357 g/mol. The predicted molar refractivity (Wildman–Crippen MR) is 92.5 cm³/mol. The molecule has 0 fully saturated rings. The molecule has 0 radical (unpaired) electrons. The van der Waals surface area contributed by atoms with Crippen LogP contribution in [0, 0.1) is 0 Å². The molecule has 1 unspecified atom stereocenters. The van der Waals surface area contributed by atoms with Crippen molar-refractivity contribution in [1.82, 2.24) is 15.1 Å². The molecule has 134 valence electrons. The quantitative estimate of drug-likeness (QED) is 0.726. The van der Waals surface area contributed by atoms with Gasteiger partial charge in [0, 0.05) is 6.20 Å². The van der Waals surface area contributed by atoms with Crippen molar-refractivity contribution in [2.75, 3.05) is 0 Å². The average molecular weight is 357 g/mol. The van der Waals surface area contributed by atoms with Crippen LogP contribution in [0.25, 0.3) is 5.69 Å². The third-order valence-electron chi connectivity index (χ3n) is 3.82. The zero-order chi connectivity index (χ0) is 18.5. The van der Waals surface area contributed by atoms with Crippen molar-refractivity contribution in [3.63, 3.8) is 0 Å². The van der Waals surface area contributed by atoms with E-state index in [0.717, 1.165) is 11.3 Å². The van der Waals surface area contributed by atoms with E-state index in [0.29, 0.717) is 5.56 Å². The number of hydrogen-bond donors (Lipinski definition) is 1. The Morgan fingerprint density at radius 3 is 2.46 bits per heavy atom. The van der Waals surface area contributed by atoms with Crippen molar-refractivity contribution in [2.24, 2.45) is 0 Å². The number of aromatic nitrogens is 2. The van der Waals surface area contributed by atoms with E-state index in [-0.39, 0.29) is 17.7 Å². The zero-order valence-electron chi connectivity index (χ0n) is 14.0. The highest BCUT2D eigenvalue weighted by Crippen LogP contribution is 2.19. The Morgan fingerprint density at radius 2 is 1.81 bits per heavy atom. The van der Waals surface area contributed by atoms with E-state index in [1.165, 1.54) is 18.3 Å². The van der Waals surface area contributed by atoms with Crippen molar-refractivity contribution in [1.29, 1.82) is 0 Å². The first-order valence-electron chi connectivity index (χ1n) is 7.98. The molecule has 3 rings (SSSR count). The fourth-order valence-electron chi connectivity index (χ4n) is 2.46. The largest absolute Gasteiger partial charge is 0.435 e. The fourth-order valence-corrected chi connectivity index (χ4v) is 2.46. The maximum Gasteiger partial charge on any atom is 0.387 e. The minimum absolute atomic E-state index is 0.0754. The van der Waals surface area contributed by atoms with Gasteiger partial charge >= 0.3 is 6.61 Å². The van der Waals surface area contributed by atoms with Gasteiger partial charge in [0.25, 0.3) is 5.91 Å². The molecule has 3 aromatic rings. The van der Waals surface area contributed by atoms with Gasteiger partial charge < -0.3 is 10.1 Å². The van der Waals surface area contributed by atoms with Gasteiger partial charge in [-0.3, -0.25) is 4.79 Å². The molecule has 1 atom stereocenters. The number of hydrogen-bond acceptors (Lipinski definition) is 3. The molecule has 1 amide bonds. The molecule has 2 aromatic carbocycles. The van der Waals surface area contributed by atoms with Gasteiger partial charge in [-0.2, -0.15) is 13.9 Å². The van der Waals surface area contributed by atoms with Crippen LogP contribution in [0.1, 0.15) is 28.9 Å². The normalized spacial score (nSPS) is 12.0. The Kier molecular flexibility index (Phi) is 5.26. The molecule has 1 aromatic heterocycles. The second-order valence-corrected chi connectivity index (χ2v) is 5.65. The molecule has 0 aliphatic carbocycles. The highest BCUT2D eigenvalue weighted by atomic mass is 19.3. The minimum Gasteiger partial charge on any atom is -0.435 e. The van der Waals surface area contributed by atoms with Crippen LogP contribution in [0.4, 0.5) is 8.78 Å². The number of halogens is 2. The van der Waals surface area contributed by atoms with Crippen LogP contribution in [0.3, 0.4) is 0 Å². The van der Waals surface area contributed by atoms with Crippen LogP contribution < -0.4 is 10.1 Å². The summed E-state index contributed by atoms with van der Waals surface area (Å²) in [5.74, 6) is -0.195. The summed E-state index contributed by atoms with van der Waals surface area (Å²) in [6.07, 6.45) is 3.14. The molecule has 0 bridgehead atoms. The van der Waals surface area contributed by atoms with Crippen molar-refractivity contribution in [3.05, 3.63) is 78.1 Å². The summed E-state index contributed by atoms with van der Waals surface area (Å²) in [7, 11) is 0. The van der Waals surface area contributed by atoms with E-state index in [1.807, 2.05) is 37.3 Å². The van der Waals surface area contributed by atoms with E-state index >= 15 is 0 Å². The van der Waals surface area contributed by atoms with E-state index in [2.05, 4.69) is 15.2 Å². The molecule has 0 saturated heterocycles. The molecule has 0 aliphatic rings. The molecule has 5 nitrogen and oxygen atoms in total. The van der Waals surface area contributed by atoms with Crippen molar-refractivity contribution >= 4 is 5.91 Å². The highest BCUT2D eigenvalue weighted by Gasteiger charge is 2.14. The van der Waals surface area contributed by atoms with Crippen LogP contribution in [-0.4, -0.2) is 22.3 Å². The van der Waals surface area contributed by atoms with Crippen molar-refractivity contribution in [3.8, 4) is 11.4 Å². The van der Waals surface area contributed by atoms with Gasteiger partial charge in [-0.1, -0.05) is 30.3 Å².